The number of rotatable bonds is 13. The number of aromatic nitrogens is 3. The normalized spacial score (nSPS) is 27.3. The molecule has 3 aliphatic heterocycles. The molecule has 3 fully saturated rings. The minimum absolute atomic E-state index is 0.0784. The van der Waals surface area contributed by atoms with Gasteiger partial charge in [0.05, 0.1) is 42.7 Å². The predicted octanol–water partition coefficient (Wildman–Crippen LogP) is 2.30. The first kappa shape index (κ1) is 28.9. The van der Waals surface area contributed by atoms with Gasteiger partial charge in [0.25, 0.3) is 0 Å². The Morgan fingerprint density at radius 1 is 1.29 bits per heavy atom. The predicted molar refractivity (Wildman–Crippen MR) is 150 cm³/mol. The van der Waals surface area contributed by atoms with E-state index in [1.54, 1.807) is 21.7 Å². The maximum atomic E-state index is 14.6. The number of carbonyl (C=O) groups excluding carboxylic acids is 3. The summed E-state index contributed by atoms with van der Waals surface area (Å²) < 4.78 is 13.7. The summed E-state index contributed by atoms with van der Waals surface area (Å²) in [5.41, 5.74) is 0.260. The molecule has 41 heavy (non-hydrogen) atoms. The lowest BCUT2D eigenvalue weighted by Crippen LogP contribution is -2.59. The van der Waals surface area contributed by atoms with Crippen LogP contribution in [0, 0.1) is 17.8 Å². The van der Waals surface area contributed by atoms with Crippen LogP contribution < -0.4 is 0 Å². The summed E-state index contributed by atoms with van der Waals surface area (Å²) in [5.74, 6) is -2.72. The lowest BCUT2D eigenvalue weighted by Gasteiger charge is -2.39. The van der Waals surface area contributed by atoms with E-state index in [0.717, 1.165) is 5.52 Å². The molecule has 6 atom stereocenters. The van der Waals surface area contributed by atoms with Gasteiger partial charge in [-0.05, 0) is 43.7 Å². The van der Waals surface area contributed by atoms with Crippen LogP contribution in [0.4, 0.5) is 0 Å². The number of amides is 2. The van der Waals surface area contributed by atoms with E-state index >= 15 is 0 Å². The number of hydrogen-bond acceptors (Lipinski definition) is 8. The average Bonchev–Trinajstić information content (AvgIpc) is 3.70. The minimum atomic E-state index is -1.20. The maximum Gasteiger partial charge on any atom is 0.312 e. The molecule has 1 aromatic carbocycles. The van der Waals surface area contributed by atoms with Crippen LogP contribution in [0.3, 0.4) is 0 Å². The van der Waals surface area contributed by atoms with Crippen molar-refractivity contribution in [1.82, 2.24) is 24.8 Å². The van der Waals surface area contributed by atoms with Crippen molar-refractivity contribution in [2.45, 2.75) is 70.0 Å². The number of benzene rings is 1. The van der Waals surface area contributed by atoms with E-state index in [1.807, 2.05) is 38.1 Å². The molecule has 0 radical (unpaired) electrons. The topological polar surface area (TPSA) is 127 Å². The second kappa shape index (κ2) is 11.7. The molecule has 11 nitrogen and oxygen atoms in total. The first-order valence-corrected chi connectivity index (χ1v) is 14.3. The fourth-order valence-electron chi connectivity index (χ4n) is 6.92. The van der Waals surface area contributed by atoms with Gasteiger partial charge >= 0.3 is 5.97 Å². The first-order chi connectivity index (χ1) is 19.8. The highest BCUT2D eigenvalue weighted by atomic mass is 16.6. The van der Waals surface area contributed by atoms with E-state index in [0.29, 0.717) is 31.2 Å². The zero-order valence-electron chi connectivity index (χ0n) is 23.7. The van der Waals surface area contributed by atoms with Crippen LogP contribution in [0.15, 0.2) is 49.6 Å². The molecule has 2 amide bonds. The molecule has 1 spiro atoms. The van der Waals surface area contributed by atoms with Gasteiger partial charge in [-0.3, -0.25) is 14.4 Å². The van der Waals surface area contributed by atoms with Crippen LogP contribution in [-0.2, 0) is 30.5 Å². The number of esters is 1. The number of hydrogen-bond donors (Lipinski definition) is 1. The van der Waals surface area contributed by atoms with Gasteiger partial charge in [0.15, 0.2) is 0 Å². The maximum absolute atomic E-state index is 14.6. The second-order valence-corrected chi connectivity index (χ2v) is 11.6. The molecule has 4 heterocycles. The Morgan fingerprint density at radius 2 is 2.07 bits per heavy atom. The van der Waals surface area contributed by atoms with Crippen molar-refractivity contribution >= 4 is 28.8 Å². The molecule has 2 aromatic rings. The first-order valence-electron chi connectivity index (χ1n) is 14.3. The monoisotopic (exact) mass is 565 g/mol. The number of fused-ring (bicyclic) bond motifs is 2. The number of aliphatic hydroxyl groups is 1. The highest BCUT2D eigenvalue weighted by Crippen LogP contribution is 2.59. The van der Waals surface area contributed by atoms with Crippen molar-refractivity contribution in [2.24, 2.45) is 17.8 Å². The quantitative estimate of drug-likeness (QED) is 0.223. The highest BCUT2D eigenvalue weighted by molar-refractivity contribution is 5.98. The molecule has 3 aliphatic rings. The summed E-state index contributed by atoms with van der Waals surface area (Å²) in [6.45, 7) is 11.6. The van der Waals surface area contributed by atoms with Gasteiger partial charge in [0, 0.05) is 6.54 Å². The Kier molecular flexibility index (Phi) is 8.28. The number of nitrogens with zero attached hydrogens (tertiary/aromatic N) is 5. The van der Waals surface area contributed by atoms with Crippen molar-refractivity contribution in [3.8, 4) is 0 Å². The molecule has 1 aromatic heterocycles. The van der Waals surface area contributed by atoms with Gasteiger partial charge in [0.2, 0.25) is 11.8 Å². The zero-order chi connectivity index (χ0) is 29.3. The molecule has 1 N–H and O–H groups in total. The fourth-order valence-corrected chi connectivity index (χ4v) is 6.92. The Labute approximate surface area is 239 Å². The van der Waals surface area contributed by atoms with Gasteiger partial charge in [0.1, 0.15) is 23.8 Å². The van der Waals surface area contributed by atoms with Crippen LogP contribution in [0.5, 0.6) is 0 Å². The van der Waals surface area contributed by atoms with Crippen molar-refractivity contribution in [3.05, 3.63) is 49.6 Å². The number of aliphatic hydroxyl groups excluding tert-OH is 1. The van der Waals surface area contributed by atoms with Gasteiger partial charge in [-0.15, -0.1) is 18.3 Å². The van der Waals surface area contributed by atoms with E-state index in [1.165, 1.54) is 4.90 Å². The Morgan fingerprint density at radius 3 is 2.78 bits per heavy atom. The molecule has 0 aliphatic carbocycles. The zero-order valence-corrected chi connectivity index (χ0v) is 23.7. The summed E-state index contributed by atoms with van der Waals surface area (Å²) in [6.07, 6.45) is 4.74. The van der Waals surface area contributed by atoms with Crippen molar-refractivity contribution in [2.75, 3.05) is 19.8 Å². The number of para-hydroxylation sites is 1. The number of ether oxygens (including phenoxy) is 2. The molecular weight excluding hydrogens is 526 g/mol. The largest absolute Gasteiger partial charge is 0.465 e. The molecule has 0 saturated carbocycles. The molecule has 5 rings (SSSR count). The third kappa shape index (κ3) is 4.95. The minimum Gasteiger partial charge on any atom is -0.465 e. The van der Waals surface area contributed by atoms with E-state index in [9.17, 15) is 19.5 Å². The number of likely N-dealkylation sites (tertiary alicyclic amines) is 1. The average molecular weight is 566 g/mol. The van der Waals surface area contributed by atoms with Gasteiger partial charge in [-0.1, -0.05) is 43.3 Å². The van der Waals surface area contributed by atoms with Crippen LogP contribution >= 0.6 is 0 Å². The van der Waals surface area contributed by atoms with Crippen molar-refractivity contribution < 1.29 is 29.0 Å². The van der Waals surface area contributed by atoms with Gasteiger partial charge in [-0.25, -0.2) is 4.68 Å². The lowest BCUT2D eigenvalue weighted by atomic mass is 9.70. The standard InChI is InChI=1S/C30H39N5O6/c1-5-7-15-40-29(39)24-23-12-13-30(41-23)25(24)27(37)35(20(17-36)16-19(3)4)26(30)28(38)33(14-6-2)18-34-22-11-9-8-10-21(22)31-32-34/h5-6,8-11,19-20,23-26,36H,1-2,7,12-18H2,3-4H3/t20-,23-,24+,25+,26?,30?/m1/s1. The van der Waals surface area contributed by atoms with Crippen LogP contribution in [0.1, 0.15) is 39.5 Å². The van der Waals surface area contributed by atoms with Crippen LogP contribution in [0.25, 0.3) is 11.0 Å². The fraction of sp³-hybridized carbons (Fsp3) is 0.567. The Hall–Kier alpha value is -3.57. The SMILES string of the molecule is C=CCCOC(=O)[C@@H]1[C@H]2C(=O)N([C@@H](CO)CC(C)C)C(C(=O)N(CC=C)Cn3nnc4ccccc43)C23CC[C@H]1O3. The molecular formula is C30H39N5O6. The van der Waals surface area contributed by atoms with E-state index in [2.05, 4.69) is 23.5 Å². The molecule has 2 bridgehead atoms. The molecule has 3 saturated heterocycles. The smallest absolute Gasteiger partial charge is 0.312 e. The molecule has 220 valence electrons. The summed E-state index contributed by atoms with van der Waals surface area (Å²) >= 11 is 0. The van der Waals surface area contributed by atoms with E-state index in [4.69, 9.17) is 9.47 Å². The van der Waals surface area contributed by atoms with Crippen molar-refractivity contribution in [1.29, 1.82) is 0 Å². The molecule has 11 heteroatoms. The summed E-state index contributed by atoms with van der Waals surface area (Å²) in [5, 5.41) is 18.9. The van der Waals surface area contributed by atoms with E-state index < -0.39 is 41.6 Å². The lowest BCUT2D eigenvalue weighted by molar-refractivity contribution is -0.157. The van der Waals surface area contributed by atoms with Gasteiger partial charge < -0.3 is 24.4 Å². The van der Waals surface area contributed by atoms with Gasteiger partial charge in [-0.2, -0.15) is 0 Å². The highest BCUT2D eigenvalue weighted by Gasteiger charge is 2.75. The van der Waals surface area contributed by atoms with Crippen LogP contribution in [0.2, 0.25) is 0 Å². The molecule has 2 unspecified atom stereocenters. The third-order valence-electron chi connectivity index (χ3n) is 8.54. The number of carbonyl (C=O) groups is 3. The summed E-state index contributed by atoms with van der Waals surface area (Å²) in [6, 6.07) is 5.82. The Bertz CT molecular complexity index is 1330. The van der Waals surface area contributed by atoms with Crippen LogP contribution in [-0.4, -0.2) is 91.2 Å². The van der Waals surface area contributed by atoms with E-state index in [-0.39, 0.29) is 44.2 Å². The summed E-state index contributed by atoms with van der Waals surface area (Å²) in [4.78, 5) is 45.3. The van der Waals surface area contributed by atoms with Crippen molar-refractivity contribution in [3.63, 3.8) is 0 Å². The summed E-state index contributed by atoms with van der Waals surface area (Å²) in [7, 11) is 0. The Balaban J connectivity index is 1.53. The second-order valence-electron chi connectivity index (χ2n) is 11.6. The third-order valence-corrected chi connectivity index (χ3v) is 8.54.